The molecule has 0 bridgehead atoms. The molecule has 0 radical (unpaired) electrons. The van der Waals surface area contributed by atoms with Crippen LogP contribution in [0.2, 0.25) is 0 Å². The van der Waals surface area contributed by atoms with Crippen molar-refractivity contribution < 1.29 is 23.8 Å². The van der Waals surface area contributed by atoms with E-state index in [0.29, 0.717) is 23.6 Å². The van der Waals surface area contributed by atoms with Gasteiger partial charge in [0.2, 0.25) is 12.7 Å². The zero-order valence-corrected chi connectivity index (χ0v) is 19.7. The highest BCUT2D eigenvalue weighted by Crippen LogP contribution is 2.44. The molecule has 0 saturated heterocycles. The summed E-state index contributed by atoms with van der Waals surface area (Å²) >= 11 is 0. The van der Waals surface area contributed by atoms with Gasteiger partial charge in [-0.15, -0.1) is 0 Å². The summed E-state index contributed by atoms with van der Waals surface area (Å²) in [5.41, 5.74) is 5.18. The number of anilines is 1. The van der Waals surface area contributed by atoms with E-state index in [1.54, 1.807) is 18.2 Å². The first-order chi connectivity index (χ1) is 17.0. The van der Waals surface area contributed by atoms with E-state index in [0.717, 1.165) is 22.3 Å². The van der Waals surface area contributed by atoms with Gasteiger partial charge in [0.15, 0.2) is 11.5 Å². The Hall–Kier alpha value is -4.00. The third-order valence-electron chi connectivity index (χ3n) is 6.30. The molecule has 0 spiro atoms. The summed E-state index contributed by atoms with van der Waals surface area (Å²) in [4.78, 5) is 25.8. The van der Waals surface area contributed by atoms with Crippen LogP contribution in [0.15, 0.2) is 66.7 Å². The first-order valence-electron chi connectivity index (χ1n) is 11.8. The van der Waals surface area contributed by atoms with Crippen molar-refractivity contribution in [3.8, 4) is 22.6 Å². The van der Waals surface area contributed by atoms with Crippen molar-refractivity contribution in [3.05, 3.63) is 77.9 Å². The molecule has 0 aromatic heterocycles. The van der Waals surface area contributed by atoms with Crippen LogP contribution in [0, 0.1) is 5.92 Å². The van der Waals surface area contributed by atoms with Crippen LogP contribution in [0.5, 0.6) is 11.5 Å². The fourth-order valence-corrected chi connectivity index (χ4v) is 4.69. The van der Waals surface area contributed by atoms with Gasteiger partial charge in [0.1, 0.15) is 12.6 Å². The lowest BCUT2D eigenvalue weighted by Gasteiger charge is -2.21. The maximum atomic E-state index is 13.0. The minimum absolute atomic E-state index is 0.0424. The summed E-state index contributed by atoms with van der Waals surface area (Å²) in [6, 6.07) is 20.8. The molecule has 5 rings (SSSR count). The molecule has 7 nitrogen and oxygen atoms in total. The van der Waals surface area contributed by atoms with Crippen LogP contribution in [0.3, 0.4) is 0 Å². The number of nitrogens with one attached hydrogen (secondary N) is 2. The van der Waals surface area contributed by atoms with E-state index in [1.807, 2.05) is 38.1 Å². The topological polar surface area (TPSA) is 85.9 Å². The van der Waals surface area contributed by atoms with Crippen molar-refractivity contribution in [2.24, 2.45) is 5.92 Å². The predicted molar refractivity (Wildman–Crippen MR) is 133 cm³/mol. The number of fused-ring (bicyclic) bond motifs is 4. The van der Waals surface area contributed by atoms with E-state index >= 15 is 0 Å². The van der Waals surface area contributed by atoms with E-state index in [9.17, 15) is 9.59 Å². The van der Waals surface area contributed by atoms with Gasteiger partial charge in [-0.25, -0.2) is 4.79 Å². The SMILES string of the molecule is CC(C)C[C@@H](NC(=O)OCC1c2ccccc2-c2ccccc21)C(=O)Nc1ccc2c(c1)OCO2. The molecular formula is C28H28N2O5. The molecule has 1 aliphatic heterocycles. The minimum Gasteiger partial charge on any atom is -0.454 e. The van der Waals surface area contributed by atoms with Gasteiger partial charge in [-0.2, -0.15) is 0 Å². The molecule has 1 aliphatic carbocycles. The van der Waals surface area contributed by atoms with Gasteiger partial charge in [-0.05, 0) is 46.7 Å². The van der Waals surface area contributed by atoms with Gasteiger partial charge >= 0.3 is 6.09 Å². The van der Waals surface area contributed by atoms with E-state index in [-0.39, 0.29) is 31.1 Å². The second-order valence-corrected chi connectivity index (χ2v) is 9.21. The highest BCUT2D eigenvalue weighted by atomic mass is 16.7. The number of hydrogen-bond acceptors (Lipinski definition) is 5. The molecule has 7 heteroatoms. The Morgan fingerprint density at radius 1 is 0.943 bits per heavy atom. The molecule has 0 unspecified atom stereocenters. The average molecular weight is 473 g/mol. The number of alkyl carbamates (subject to hydrolysis) is 1. The van der Waals surface area contributed by atoms with Gasteiger partial charge in [0.25, 0.3) is 0 Å². The average Bonchev–Trinajstić information content (AvgIpc) is 3.44. The van der Waals surface area contributed by atoms with Gasteiger partial charge < -0.3 is 24.8 Å². The van der Waals surface area contributed by atoms with Crippen molar-refractivity contribution in [1.82, 2.24) is 5.32 Å². The second-order valence-electron chi connectivity index (χ2n) is 9.21. The molecule has 35 heavy (non-hydrogen) atoms. The van der Waals surface area contributed by atoms with E-state index in [1.165, 1.54) is 0 Å². The van der Waals surface area contributed by atoms with E-state index in [4.69, 9.17) is 14.2 Å². The number of carbonyl (C=O) groups excluding carboxylic acids is 2. The zero-order chi connectivity index (χ0) is 24.4. The van der Waals surface area contributed by atoms with Gasteiger partial charge in [0, 0.05) is 17.7 Å². The third kappa shape index (κ3) is 4.80. The van der Waals surface area contributed by atoms with Crippen LogP contribution < -0.4 is 20.1 Å². The standard InChI is InChI=1S/C28H28N2O5/c1-17(2)13-24(27(31)29-18-11-12-25-26(14-18)35-16-34-25)30-28(32)33-15-23-21-9-5-3-7-19(21)20-8-4-6-10-22(20)23/h3-12,14,17,23-24H,13,15-16H2,1-2H3,(H,29,31)(H,30,32)/t24-/m1/s1. The summed E-state index contributed by atoms with van der Waals surface area (Å²) in [7, 11) is 0. The van der Waals surface area contributed by atoms with Crippen molar-refractivity contribution in [1.29, 1.82) is 0 Å². The molecule has 2 N–H and O–H groups in total. The molecule has 1 heterocycles. The number of ether oxygens (including phenoxy) is 3. The molecule has 1 atom stereocenters. The summed E-state index contributed by atoms with van der Waals surface area (Å²) < 4.78 is 16.3. The third-order valence-corrected chi connectivity index (χ3v) is 6.30. The van der Waals surface area contributed by atoms with Gasteiger partial charge in [0.05, 0.1) is 0 Å². The highest BCUT2D eigenvalue weighted by molar-refractivity contribution is 5.96. The van der Waals surface area contributed by atoms with E-state index in [2.05, 4.69) is 34.9 Å². The lowest BCUT2D eigenvalue weighted by atomic mass is 9.98. The highest BCUT2D eigenvalue weighted by Gasteiger charge is 2.30. The molecule has 3 aromatic rings. The molecule has 2 amide bonds. The van der Waals surface area contributed by atoms with E-state index < -0.39 is 12.1 Å². The predicted octanol–water partition coefficient (Wildman–Crippen LogP) is 5.31. The number of carbonyl (C=O) groups is 2. The number of benzene rings is 3. The largest absolute Gasteiger partial charge is 0.454 e. The van der Waals surface area contributed by atoms with Crippen LogP contribution in [0.25, 0.3) is 11.1 Å². The Labute approximate surface area is 204 Å². The second kappa shape index (κ2) is 9.70. The van der Waals surface area contributed by atoms with Crippen molar-refractivity contribution in [2.75, 3.05) is 18.7 Å². The summed E-state index contributed by atoms with van der Waals surface area (Å²) in [5.74, 6) is 1.05. The Kier molecular flexibility index (Phi) is 6.31. The maximum absolute atomic E-state index is 13.0. The lowest BCUT2D eigenvalue weighted by molar-refractivity contribution is -0.118. The quantitative estimate of drug-likeness (QED) is 0.487. The summed E-state index contributed by atoms with van der Waals surface area (Å²) in [6.07, 6.45) is -0.140. The molecule has 0 saturated carbocycles. The van der Waals surface area contributed by atoms with Crippen molar-refractivity contribution in [3.63, 3.8) is 0 Å². The summed E-state index contributed by atoms with van der Waals surface area (Å²) in [5, 5.41) is 5.62. The molecule has 3 aromatic carbocycles. The molecular weight excluding hydrogens is 444 g/mol. The fourth-order valence-electron chi connectivity index (χ4n) is 4.69. The minimum atomic E-state index is -0.740. The normalized spacial score (nSPS) is 14.3. The Balaban J connectivity index is 1.24. The Bertz CT molecular complexity index is 1210. The Morgan fingerprint density at radius 2 is 1.60 bits per heavy atom. The summed E-state index contributed by atoms with van der Waals surface area (Å²) in [6.45, 7) is 4.35. The first-order valence-corrected chi connectivity index (χ1v) is 11.8. The van der Waals surface area contributed by atoms with Crippen molar-refractivity contribution in [2.45, 2.75) is 32.2 Å². The zero-order valence-electron chi connectivity index (χ0n) is 19.7. The number of rotatable bonds is 7. The number of hydrogen-bond donors (Lipinski definition) is 2. The van der Waals surface area contributed by atoms with Crippen LogP contribution in [-0.4, -0.2) is 31.4 Å². The number of amides is 2. The van der Waals surface area contributed by atoms with Crippen molar-refractivity contribution >= 4 is 17.7 Å². The molecule has 180 valence electrons. The fraction of sp³-hybridized carbons (Fsp3) is 0.286. The van der Waals surface area contributed by atoms with Crippen LogP contribution in [-0.2, 0) is 9.53 Å². The Morgan fingerprint density at radius 3 is 2.29 bits per heavy atom. The van der Waals surface area contributed by atoms with Crippen LogP contribution >= 0.6 is 0 Å². The first kappa shape index (κ1) is 22.8. The monoisotopic (exact) mass is 472 g/mol. The molecule has 2 aliphatic rings. The molecule has 0 fully saturated rings. The van der Waals surface area contributed by atoms with Gasteiger partial charge in [-0.1, -0.05) is 62.4 Å². The smallest absolute Gasteiger partial charge is 0.407 e. The van der Waals surface area contributed by atoms with Crippen LogP contribution in [0.1, 0.15) is 37.3 Å². The van der Waals surface area contributed by atoms with Gasteiger partial charge in [-0.3, -0.25) is 4.79 Å². The van der Waals surface area contributed by atoms with Crippen LogP contribution in [0.4, 0.5) is 10.5 Å². The maximum Gasteiger partial charge on any atom is 0.407 e. The lowest BCUT2D eigenvalue weighted by Crippen LogP contribution is -2.45.